The summed E-state index contributed by atoms with van der Waals surface area (Å²) in [6.07, 6.45) is 29.0. The molecule has 0 aromatic rings. The second kappa shape index (κ2) is 27.0. The molecule has 0 rings (SSSR count). The summed E-state index contributed by atoms with van der Waals surface area (Å²) in [5.41, 5.74) is 0. The number of rotatable bonds is 20. The van der Waals surface area contributed by atoms with Crippen LogP contribution in [0, 0.1) is 11.8 Å². The molecule has 0 unspecified atom stereocenters. The first-order chi connectivity index (χ1) is 13.5. The lowest BCUT2D eigenvalue weighted by atomic mass is 10.0. The van der Waals surface area contributed by atoms with Crippen LogP contribution in [0.15, 0.2) is 0 Å². The van der Waals surface area contributed by atoms with E-state index in [9.17, 15) is 0 Å². The van der Waals surface area contributed by atoms with Gasteiger partial charge in [-0.1, -0.05) is 170 Å². The molecule has 0 radical (unpaired) electrons. The second-order valence-electron chi connectivity index (χ2n) is 10.0. The maximum Gasteiger partial charge on any atom is -0.0471 e. The zero-order valence-corrected chi connectivity index (χ0v) is 21.3. The Kier molecular flexibility index (Phi) is 29.1. The first kappa shape index (κ1) is 30.2. The minimum absolute atomic E-state index is 0.902. The van der Waals surface area contributed by atoms with Crippen molar-refractivity contribution < 1.29 is 0 Å². The molecule has 0 amide bonds. The Balaban J connectivity index is 0. The quantitative estimate of drug-likeness (QED) is 0.179. The number of unbranched alkanes of at least 4 members (excludes halogenated alkanes) is 16. The Hall–Kier alpha value is 0. The lowest BCUT2D eigenvalue weighted by Gasteiger charge is -2.04. The predicted molar refractivity (Wildman–Crippen MR) is 133 cm³/mol. The molecule has 0 fully saturated rings. The molecule has 0 aromatic heterocycles. The van der Waals surface area contributed by atoms with Crippen molar-refractivity contribution in [3.05, 3.63) is 0 Å². The maximum atomic E-state index is 2.33. The zero-order chi connectivity index (χ0) is 21.3. The Morgan fingerprint density at radius 2 is 0.536 bits per heavy atom. The van der Waals surface area contributed by atoms with E-state index in [0.717, 1.165) is 11.8 Å². The van der Waals surface area contributed by atoms with Crippen molar-refractivity contribution in [2.24, 2.45) is 11.8 Å². The van der Waals surface area contributed by atoms with Gasteiger partial charge < -0.3 is 0 Å². The van der Waals surface area contributed by atoms with Gasteiger partial charge in [-0.2, -0.15) is 0 Å². The summed E-state index contributed by atoms with van der Waals surface area (Å²) >= 11 is 0. The summed E-state index contributed by atoms with van der Waals surface area (Å²) in [7, 11) is 0. The molecule has 172 valence electrons. The molecule has 0 aliphatic carbocycles. The smallest absolute Gasteiger partial charge is 0.0471 e. The molecule has 0 nitrogen and oxygen atoms in total. The van der Waals surface area contributed by atoms with E-state index >= 15 is 0 Å². The zero-order valence-electron chi connectivity index (χ0n) is 21.3. The van der Waals surface area contributed by atoms with Crippen LogP contribution < -0.4 is 0 Å². The van der Waals surface area contributed by atoms with Crippen molar-refractivity contribution in [3.8, 4) is 0 Å². The van der Waals surface area contributed by atoms with Crippen LogP contribution in [0.1, 0.15) is 170 Å². The van der Waals surface area contributed by atoms with Crippen molar-refractivity contribution in [2.75, 3.05) is 0 Å². The van der Waals surface area contributed by atoms with Crippen LogP contribution in [0.4, 0.5) is 0 Å². The fraction of sp³-hybridized carbons (Fsp3) is 1.00. The van der Waals surface area contributed by atoms with E-state index in [4.69, 9.17) is 0 Å². The average molecular weight is 397 g/mol. The molecule has 0 heterocycles. The normalized spacial score (nSPS) is 11.1. The summed E-state index contributed by atoms with van der Waals surface area (Å²) < 4.78 is 0. The van der Waals surface area contributed by atoms with Crippen LogP contribution in [0.5, 0.6) is 0 Å². The fourth-order valence-corrected chi connectivity index (χ4v) is 3.73. The molecule has 0 aromatic carbocycles. The van der Waals surface area contributed by atoms with Gasteiger partial charge in [0.1, 0.15) is 0 Å². The monoisotopic (exact) mass is 396 g/mol. The number of hydrogen-bond acceptors (Lipinski definition) is 0. The van der Waals surface area contributed by atoms with Gasteiger partial charge >= 0.3 is 0 Å². The van der Waals surface area contributed by atoms with Gasteiger partial charge in [-0.3, -0.25) is 0 Å². The van der Waals surface area contributed by atoms with E-state index in [-0.39, 0.29) is 0 Å². The third kappa shape index (κ3) is 33.6. The minimum Gasteiger partial charge on any atom is -0.0654 e. The molecule has 0 saturated carbocycles. The second-order valence-corrected chi connectivity index (χ2v) is 10.0. The van der Waals surface area contributed by atoms with E-state index in [1.165, 1.54) is 128 Å². The number of hydrogen-bond donors (Lipinski definition) is 0. The van der Waals surface area contributed by atoms with Crippen LogP contribution in [0.2, 0.25) is 0 Å². The highest BCUT2D eigenvalue weighted by Crippen LogP contribution is 2.13. The van der Waals surface area contributed by atoms with Crippen molar-refractivity contribution >= 4 is 0 Å². The SMILES string of the molecule is CCCCCCCCCCC(C)C.CCCCCCCCCCCCC(C)C. The van der Waals surface area contributed by atoms with Crippen molar-refractivity contribution in [2.45, 2.75) is 170 Å². The standard InChI is InChI=1S/C15H32.C13H28/c1-4-5-6-7-8-9-10-11-12-13-14-15(2)3;1-4-5-6-7-8-9-10-11-12-13(2)3/h15H,4-14H2,1-3H3;13H,4-12H2,1-3H3. The first-order valence-corrected chi connectivity index (χ1v) is 13.5. The minimum atomic E-state index is 0.902. The van der Waals surface area contributed by atoms with Gasteiger partial charge in [0.25, 0.3) is 0 Å². The summed E-state index contributed by atoms with van der Waals surface area (Å²) in [6, 6.07) is 0. The highest BCUT2D eigenvalue weighted by Gasteiger charge is 1.95. The Morgan fingerprint density at radius 3 is 0.750 bits per heavy atom. The molecule has 0 aliphatic rings. The Labute approximate surface area is 182 Å². The molecule has 0 atom stereocenters. The highest BCUT2D eigenvalue weighted by molar-refractivity contribution is 4.50. The van der Waals surface area contributed by atoms with Gasteiger partial charge in [0.2, 0.25) is 0 Å². The summed E-state index contributed by atoms with van der Waals surface area (Å²) in [5, 5.41) is 0. The van der Waals surface area contributed by atoms with Crippen LogP contribution in [-0.4, -0.2) is 0 Å². The lowest BCUT2D eigenvalue weighted by Crippen LogP contribution is -1.87. The highest BCUT2D eigenvalue weighted by atomic mass is 14.0. The first-order valence-electron chi connectivity index (χ1n) is 13.5. The third-order valence-electron chi connectivity index (χ3n) is 5.77. The topological polar surface area (TPSA) is 0 Å². The summed E-state index contributed by atoms with van der Waals surface area (Å²) in [4.78, 5) is 0. The molecule has 28 heavy (non-hydrogen) atoms. The van der Waals surface area contributed by atoms with Gasteiger partial charge in [0.15, 0.2) is 0 Å². The van der Waals surface area contributed by atoms with Gasteiger partial charge in [-0.15, -0.1) is 0 Å². The molecule has 0 heteroatoms. The van der Waals surface area contributed by atoms with Gasteiger partial charge in [-0.25, -0.2) is 0 Å². The van der Waals surface area contributed by atoms with Crippen LogP contribution in [-0.2, 0) is 0 Å². The van der Waals surface area contributed by atoms with E-state index in [2.05, 4.69) is 41.5 Å². The Bertz CT molecular complexity index is 240. The van der Waals surface area contributed by atoms with E-state index in [1.807, 2.05) is 0 Å². The van der Waals surface area contributed by atoms with Gasteiger partial charge in [0, 0.05) is 0 Å². The maximum absolute atomic E-state index is 2.33. The molecule has 0 aliphatic heterocycles. The Morgan fingerprint density at radius 1 is 0.321 bits per heavy atom. The molecular formula is C28H60. The van der Waals surface area contributed by atoms with Gasteiger partial charge in [-0.05, 0) is 11.8 Å². The predicted octanol–water partition coefficient (Wildman–Crippen LogP) is 11.1. The molecule has 0 bridgehead atoms. The lowest BCUT2D eigenvalue weighted by molar-refractivity contribution is 0.505. The summed E-state index contributed by atoms with van der Waals surface area (Å²) in [6.45, 7) is 13.9. The van der Waals surface area contributed by atoms with Crippen LogP contribution >= 0.6 is 0 Å². The van der Waals surface area contributed by atoms with Gasteiger partial charge in [0.05, 0.1) is 0 Å². The fourth-order valence-electron chi connectivity index (χ4n) is 3.73. The molecular weight excluding hydrogens is 336 g/mol. The molecule has 0 N–H and O–H groups in total. The van der Waals surface area contributed by atoms with Crippen LogP contribution in [0.3, 0.4) is 0 Å². The van der Waals surface area contributed by atoms with E-state index in [0.29, 0.717) is 0 Å². The van der Waals surface area contributed by atoms with Crippen molar-refractivity contribution in [1.29, 1.82) is 0 Å². The molecule has 0 spiro atoms. The van der Waals surface area contributed by atoms with E-state index < -0.39 is 0 Å². The third-order valence-corrected chi connectivity index (χ3v) is 5.77. The molecule has 0 saturated heterocycles. The largest absolute Gasteiger partial charge is 0.0654 e. The average Bonchev–Trinajstić information content (AvgIpc) is 2.65. The van der Waals surface area contributed by atoms with Crippen LogP contribution in [0.25, 0.3) is 0 Å². The van der Waals surface area contributed by atoms with E-state index in [1.54, 1.807) is 0 Å². The summed E-state index contributed by atoms with van der Waals surface area (Å²) in [5.74, 6) is 1.80. The van der Waals surface area contributed by atoms with Crippen molar-refractivity contribution in [3.63, 3.8) is 0 Å². The van der Waals surface area contributed by atoms with Crippen molar-refractivity contribution in [1.82, 2.24) is 0 Å².